The van der Waals surface area contributed by atoms with E-state index in [9.17, 15) is 5.11 Å². The Hall–Kier alpha value is -0.300. The van der Waals surface area contributed by atoms with Crippen LogP contribution in [0.1, 0.15) is 112 Å². The van der Waals surface area contributed by atoms with Crippen molar-refractivity contribution in [2.45, 2.75) is 118 Å². The molecule has 4 aliphatic rings. The monoisotopic (exact) mass is 400 g/mol. The standard InChI is InChI=1S/C28H48O/c1-18(2)19(3)7-8-20(4)24-11-12-25-23-10-9-21-17-22(29)13-15-27(21,5)26(23)14-16-28(24,25)6/h18-22,24-25,29H,7-17H2,1-6H3/t19-,20+,21-,22+,24+,25-,27-,28+/m0/s1. The van der Waals surface area contributed by atoms with E-state index in [-0.39, 0.29) is 6.10 Å². The van der Waals surface area contributed by atoms with Crippen molar-refractivity contribution in [1.29, 1.82) is 0 Å². The minimum Gasteiger partial charge on any atom is -0.393 e. The van der Waals surface area contributed by atoms with Crippen molar-refractivity contribution >= 4 is 0 Å². The van der Waals surface area contributed by atoms with Crippen LogP contribution in [-0.2, 0) is 0 Å². The number of fused-ring (bicyclic) bond motifs is 4. The molecule has 0 aromatic heterocycles. The Morgan fingerprint density at radius 2 is 1.69 bits per heavy atom. The molecule has 8 atom stereocenters. The summed E-state index contributed by atoms with van der Waals surface area (Å²) in [7, 11) is 0. The van der Waals surface area contributed by atoms with Gasteiger partial charge in [-0.1, -0.05) is 65.5 Å². The van der Waals surface area contributed by atoms with Crippen LogP contribution in [-0.4, -0.2) is 11.2 Å². The minimum atomic E-state index is -0.0333. The van der Waals surface area contributed by atoms with Crippen LogP contribution >= 0.6 is 0 Å². The molecular weight excluding hydrogens is 352 g/mol. The Kier molecular flexibility index (Phi) is 6.04. The molecule has 166 valence electrons. The predicted octanol–water partition coefficient (Wildman–Crippen LogP) is 7.78. The van der Waals surface area contributed by atoms with Crippen molar-refractivity contribution in [3.63, 3.8) is 0 Å². The first-order valence-electron chi connectivity index (χ1n) is 13.1. The van der Waals surface area contributed by atoms with E-state index in [0.29, 0.717) is 10.8 Å². The van der Waals surface area contributed by atoms with Crippen molar-refractivity contribution in [3.05, 3.63) is 11.1 Å². The summed E-state index contributed by atoms with van der Waals surface area (Å²) in [5.41, 5.74) is 4.75. The lowest BCUT2D eigenvalue weighted by atomic mass is 9.50. The van der Waals surface area contributed by atoms with Crippen LogP contribution in [0.2, 0.25) is 0 Å². The zero-order valence-corrected chi connectivity index (χ0v) is 20.3. The average molecular weight is 401 g/mol. The molecule has 0 aromatic carbocycles. The molecule has 2 fully saturated rings. The Morgan fingerprint density at radius 3 is 2.41 bits per heavy atom. The highest BCUT2D eigenvalue weighted by atomic mass is 16.3. The van der Waals surface area contributed by atoms with E-state index in [2.05, 4.69) is 41.5 Å². The van der Waals surface area contributed by atoms with Gasteiger partial charge in [0.2, 0.25) is 0 Å². The molecule has 0 unspecified atom stereocenters. The fraction of sp³-hybridized carbons (Fsp3) is 0.929. The van der Waals surface area contributed by atoms with Gasteiger partial charge in [0.1, 0.15) is 0 Å². The summed E-state index contributed by atoms with van der Waals surface area (Å²) in [4.78, 5) is 0. The van der Waals surface area contributed by atoms with Crippen LogP contribution in [0.25, 0.3) is 0 Å². The van der Waals surface area contributed by atoms with Gasteiger partial charge in [0, 0.05) is 0 Å². The molecule has 2 saturated carbocycles. The van der Waals surface area contributed by atoms with Crippen LogP contribution in [0.5, 0.6) is 0 Å². The summed E-state index contributed by atoms with van der Waals surface area (Å²) in [6.07, 6.45) is 14.5. The molecule has 0 bridgehead atoms. The second kappa shape index (κ2) is 7.99. The molecule has 0 saturated heterocycles. The maximum Gasteiger partial charge on any atom is 0.0543 e. The van der Waals surface area contributed by atoms with E-state index in [0.717, 1.165) is 48.3 Å². The first kappa shape index (κ1) is 21.9. The second-order valence-corrected chi connectivity index (χ2v) is 12.6. The highest BCUT2D eigenvalue weighted by Crippen LogP contribution is 2.66. The largest absolute Gasteiger partial charge is 0.393 e. The highest BCUT2D eigenvalue weighted by molar-refractivity contribution is 5.34. The molecule has 1 nitrogen and oxygen atoms in total. The summed E-state index contributed by atoms with van der Waals surface area (Å²) >= 11 is 0. The molecule has 0 aromatic rings. The zero-order chi connectivity index (χ0) is 21.0. The van der Waals surface area contributed by atoms with Crippen molar-refractivity contribution in [2.24, 2.45) is 46.3 Å². The van der Waals surface area contributed by atoms with Gasteiger partial charge < -0.3 is 5.11 Å². The maximum absolute atomic E-state index is 10.3. The van der Waals surface area contributed by atoms with Gasteiger partial charge in [-0.3, -0.25) is 0 Å². The normalized spacial score (nSPS) is 44.3. The average Bonchev–Trinajstić information content (AvgIpc) is 3.03. The van der Waals surface area contributed by atoms with Gasteiger partial charge in [0.15, 0.2) is 0 Å². The smallest absolute Gasteiger partial charge is 0.0543 e. The lowest BCUT2D eigenvalue weighted by molar-refractivity contribution is 0.0131. The number of hydrogen-bond acceptors (Lipinski definition) is 1. The molecule has 0 spiro atoms. The van der Waals surface area contributed by atoms with E-state index in [1.54, 1.807) is 0 Å². The van der Waals surface area contributed by atoms with Crippen molar-refractivity contribution in [1.82, 2.24) is 0 Å². The van der Waals surface area contributed by atoms with Gasteiger partial charge in [0.25, 0.3) is 0 Å². The third-order valence-corrected chi connectivity index (χ3v) is 10.9. The van der Waals surface area contributed by atoms with Gasteiger partial charge in [-0.15, -0.1) is 0 Å². The Labute approximate surface area is 181 Å². The van der Waals surface area contributed by atoms with E-state index in [1.165, 1.54) is 57.8 Å². The number of rotatable bonds is 5. The summed E-state index contributed by atoms with van der Waals surface area (Å²) in [6.45, 7) is 15.1. The van der Waals surface area contributed by atoms with Crippen molar-refractivity contribution < 1.29 is 5.11 Å². The molecule has 0 heterocycles. The van der Waals surface area contributed by atoms with E-state index in [1.807, 2.05) is 11.1 Å². The first-order chi connectivity index (χ1) is 13.7. The van der Waals surface area contributed by atoms with Crippen LogP contribution in [0.3, 0.4) is 0 Å². The van der Waals surface area contributed by atoms with Crippen molar-refractivity contribution in [2.75, 3.05) is 0 Å². The number of aliphatic hydroxyl groups is 1. The SMILES string of the molecule is CC(C)[C@@H](C)CC[C@@H](C)[C@H]1CC[C@H]2C3=C(CC[C@]12C)[C@@]1(C)CC[C@@H](O)C[C@@H]1CC3. The summed E-state index contributed by atoms with van der Waals surface area (Å²) in [6, 6.07) is 0. The third-order valence-electron chi connectivity index (χ3n) is 10.9. The molecule has 1 N–H and O–H groups in total. The second-order valence-electron chi connectivity index (χ2n) is 12.6. The third kappa shape index (κ3) is 3.66. The van der Waals surface area contributed by atoms with Gasteiger partial charge in [-0.05, 0) is 104 Å². The summed E-state index contributed by atoms with van der Waals surface area (Å²) in [5.74, 6) is 5.10. The van der Waals surface area contributed by atoms with Gasteiger partial charge in [0.05, 0.1) is 6.10 Å². The van der Waals surface area contributed by atoms with E-state index >= 15 is 0 Å². The Morgan fingerprint density at radius 1 is 0.931 bits per heavy atom. The lowest BCUT2D eigenvalue weighted by Crippen LogP contribution is -2.45. The highest BCUT2D eigenvalue weighted by Gasteiger charge is 2.55. The van der Waals surface area contributed by atoms with Gasteiger partial charge in [-0.2, -0.15) is 0 Å². The van der Waals surface area contributed by atoms with Crippen LogP contribution in [0, 0.1) is 46.3 Å². The molecule has 0 aliphatic heterocycles. The molecule has 1 heteroatoms. The number of aliphatic hydroxyl groups excluding tert-OH is 1. The van der Waals surface area contributed by atoms with Crippen LogP contribution < -0.4 is 0 Å². The molecule has 0 radical (unpaired) electrons. The van der Waals surface area contributed by atoms with E-state index in [4.69, 9.17) is 0 Å². The molecule has 29 heavy (non-hydrogen) atoms. The molecule has 4 aliphatic carbocycles. The summed E-state index contributed by atoms with van der Waals surface area (Å²) in [5, 5.41) is 10.3. The first-order valence-corrected chi connectivity index (χ1v) is 13.1. The molecular formula is C28H48O. The number of hydrogen-bond donors (Lipinski definition) is 1. The van der Waals surface area contributed by atoms with Gasteiger partial charge >= 0.3 is 0 Å². The van der Waals surface area contributed by atoms with E-state index < -0.39 is 0 Å². The van der Waals surface area contributed by atoms with Crippen molar-refractivity contribution in [3.8, 4) is 0 Å². The van der Waals surface area contributed by atoms with Gasteiger partial charge in [-0.25, -0.2) is 0 Å². The molecule has 0 amide bonds. The topological polar surface area (TPSA) is 20.2 Å². The van der Waals surface area contributed by atoms with Crippen LogP contribution in [0.4, 0.5) is 0 Å². The zero-order valence-electron chi connectivity index (χ0n) is 20.3. The fourth-order valence-corrected chi connectivity index (χ4v) is 8.47. The fourth-order valence-electron chi connectivity index (χ4n) is 8.47. The predicted molar refractivity (Wildman–Crippen MR) is 124 cm³/mol. The van der Waals surface area contributed by atoms with Crippen LogP contribution in [0.15, 0.2) is 11.1 Å². The Balaban J connectivity index is 1.52. The minimum absolute atomic E-state index is 0.0333. The summed E-state index contributed by atoms with van der Waals surface area (Å²) < 4.78 is 0. The molecule has 4 rings (SSSR count). The maximum atomic E-state index is 10.3. The Bertz CT molecular complexity index is 632. The number of allylic oxidation sites excluding steroid dienone is 2. The quantitative estimate of drug-likeness (QED) is 0.467. The lowest BCUT2D eigenvalue weighted by Gasteiger charge is -2.55.